The molecule has 9 rings (SSSR count). The van der Waals surface area contributed by atoms with Crippen LogP contribution in [0.2, 0.25) is 0 Å². The molecule has 2 nitrogen and oxygen atoms in total. The van der Waals surface area contributed by atoms with E-state index < -0.39 is 0 Å². The second-order valence-electron chi connectivity index (χ2n) is 12.6. The molecule has 0 unspecified atom stereocenters. The van der Waals surface area contributed by atoms with Gasteiger partial charge in [0.1, 0.15) is 11.2 Å². The lowest BCUT2D eigenvalue weighted by Gasteiger charge is -2.27. The summed E-state index contributed by atoms with van der Waals surface area (Å²) in [5, 5.41) is 4.70. The molecule has 0 radical (unpaired) electrons. The summed E-state index contributed by atoms with van der Waals surface area (Å²) in [5.41, 5.74) is 12.9. The standard InChI is InChI=1S/C43H31NO/c1-43(2)38-23-21-32(27-37(38)42-34(16-10-17-39(42)43)29-12-4-3-5-13-29)44(31-20-19-28-11-6-7-14-30(28)25-31)33-22-24-41-36(26-33)35-15-8-9-18-40(35)45-41/h3-27H,1-2H3. The van der Waals surface area contributed by atoms with Crippen molar-refractivity contribution in [1.82, 2.24) is 0 Å². The van der Waals surface area contributed by atoms with Crippen LogP contribution in [-0.2, 0) is 5.41 Å². The van der Waals surface area contributed by atoms with Gasteiger partial charge in [-0.15, -0.1) is 0 Å². The van der Waals surface area contributed by atoms with Crippen LogP contribution < -0.4 is 4.90 Å². The molecule has 8 aromatic rings. The molecule has 0 saturated carbocycles. The fraction of sp³-hybridized carbons (Fsp3) is 0.0698. The van der Waals surface area contributed by atoms with E-state index in [0.717, 1.165) is 39.0 Å². The molecule has 0 bridgehead atoms. The number of hydrogen-bond acceptors (Lipinski definition) is 2. The Kier molecular flexibility index (Phi) is 5.58. The quantitative estimate of drug-likeness (QED) is 0.207. The maximum absolute atomic E-state index is 6.22. The third-order valence-electron chi connectivity index (χ3n) is 9.64. The van der Waals surface area contributed by atoms with Crippen molar-refractivity contribution < 1.29 is 4.42 Å². The van der Waals surface area contributed by atoms with Crippen LogP contribution in [0.25, 0.3) is 55.0 Å². The Morgan fingerprint density at radius 2 is 1.16 bits per heavy atom. The molecular formula is C43H31NO. The third-order valence-corrected chi connectivity index (χ3v) is 9.64. The summed E-state index contributed by atoms with van der Waals surface area (Å²) in [4.78, 5) is 2.39. The number of rotatable bonds is 4. The Morgan fingerprint density at radius 1 is 0.467 bits per heavy atom. The summed E-state index contributed by atoms with van der Waals surface area (Å²) >= 11 is 0. The molecule has 1 aliphatic carbocycles. The molecule has 1 heterocycles. The Labute approximate surface area is 262 Å². The van der Waals surface area contributed by atoms with Gasteiger partial charge < -0.3 is 9.32 Å². The minimum atomic E-state index is -0.101. The fourth-order valence-corrected chi connectivity index (χ4v) is 7.41. The Bertz CT molecular complexity index is 2410. The van der Waals surface area contributed by atoms with E-state index >= 15 is 0 Å². The minimum absolute atomic E-state index is 0.101. The molecule has 1 aromatic heterocycles. The van der Waals surface area contributed by atoms with Gasteiger partial charge in [-0.05, 0) is 92.7 Å². The Hall–Kier alpha value is -5.60. The van der Waals surface area contributed by atoms with Crippen molar-refractivity contribution in [3.63, 3.8) is 0 Å². The lowest BCUT2D eigenvalue weighted by Crippen LogP contribution is -2.15. The van der Waals surface area contributed by atoms with Gasteiger partial charge >= 0.3 is 0 Å². The average molecular weight is 578 g/mol. The van der Waals surface area contributed by atoms with Crippen LogP contribution in [0.5, 0.6) is 0 Å². The number of nitrogens with zero attached hydrogens (tertiary/aromatic N) is 1. The van der Waals surface area contributed by atoms with Crippen molar-refractivity contribution in [2.24, 2.45) is 0 Å². The van der Waals surface area contributed by atoms with Gasteiger partial charge in [0.15, 0.2) is 0 Å². The van der Waals surface area contributed by atoms with E-state index in [-0.39, 0.29) is 5.41 Å². The number of anilines is 3. The number of fused-ring (bicyclic) bond motifs is 7. The molecule has 0 amide bonds. The highest BCUT2D eigenvalue weighted by Crippen LogP contribution is 2.53. The molecule has 45 heavy (non-hydrogen) atoms. The molecule has 0 spiro atoms. The zero-order chi connectivity index (χ0) is 30.1. The van der Waals surface area contributed by atoms with Gasteiger partial charge in [-0.1, -0.05) is 117 Å². The van der Waals surface area contributed by atoms with Crippen LogP contribution >= 0.6 is 0 Å². The summed E-state index contributed by atoms with van der Waals surface area (Å²) in [5.74, 6) is 0. The highest BCUT2D eigenvalue weighted by Gasteiger charge is 2.37. The zero-order valence-electron chi connectivity index (χ0n) is 25.3. The first-order chi connectivity index (χ1) is 22.1. The highest BCUT2D eigenvalue weighted by molar-refractivity contribution is 6.07. The van der Waals surface area contributed by atoms with E-state index in [9.17, 15) is 0 Å². The van der Waals surface area contributed by atoms with Crippen LogP contribution in [0.4, 0.5) is 17.1 Å². The van der Waals surface area contributed by atoms with Gasteiger partial charge in [0.2, 0.25) is 0 Å². The number of para-hydroxylation sites is 1. The summed E-state index contributed by atoms with van der Waals surface area (Å²) in [7, 11) is 0. The molecule has 2 heteroatoms. The average Bonchev–Trinajstić information content (AvgIpc) is 3.57. The smallest absolute Gasteiger partial charge is 0.135 e. The first kappa shape index (κ1) is 25.9. The number of hydrogen-bond donors (Lipinski definition) is 0. The molecule has 0 saturated heterocycles. The van der Waals surface area contributed by atoms with E-state index in [1.165, 1.54) is 44.2 Å². The summed E-state index contributed by atoms with van der Waals surface area (Å²) in [6.07, 6.45) is 0. The van der Waals surface area contributed by atoms with Crippen LogP contribution in [0.3, 0.4) is 0 Å². The normalized spacial score (nSPS) is 13.3. The monoisotopic (exact) mass is 577 g/mol. The van der Waals surface area contributed by atoms with Gasteiger partial charge in [-0.25, -0.2) is 0 Å². The SMILES string of the molecule is CC1(C)c2ccc(N(c3ccc4ccccc4c3)c3ccc4oc5ccccc5c4c3)cc2-c2c(-c3ccccc3)cccc21. The van der Waals surface area contributed by atoms with Gasteiger partial charge in [0, 0.05) is 33.2 Å². The molecule has 7 aromatic carbocycles. The van der Waals surface area contributed by atoms with Crippen LogP contribution in [0, 0.1) is 0 Å². The van der Waals surface area contributed by atoms with E-state index in [1.807, 2.05) is 12.1 Å². The lowest BCUT2D eigenvalue weighted by atomic mass is 9.82. The van der Waals surface area contributed by atoms with Crippen molar-refractivity contribution in [1.29, 1.82) is 0 Å². The number of furan rings is 1. The predicted molar refractivity (Wildman–Crippen MR) is 189 cm³/mol. The fourth-order valence-electron chi connectivity index (χ4n) is 7.41. The molecule has 0 atom stereocenters. The number of benzene rings is 7. The van der Waals surface area contributed by atoms with Crippen LogP contribution in [-0.4, -0.2) is 0 Å². The van der Waals surface area contributed by atoms with Gasteiger partial charge in [-0.2, -0.15) is 0 Å². The molecule has 0 N–H and O–H groups in total. The Morgan fingerprint density at radius 3 is 2.04 bits per heavy atom. The van der Waals surface area contributed by atoms with Gasteiger partial charge in [-0.3, -0.25) is 0 Å². The maximum atomic E-state index is 6.22. The van der Waals surface area contributed by atoms with Gasteiger partial charge in [0.25, 0.3) is 0 Å². The predicted octanol–water partition coefficient (Wildman–Crippen LogP) is 12.2. The van der Waals surface area contributed by atoms with E-state index in [4.69, 9.17) is 4.42 Å². The third kappa shape index (κ3) is 3.96. The largest absolute Gasteiger partial charge is 0.456 e. The van der Waals surface area contributed by atoms with Crippen molar-refractivity contribution in [3.05, 3.63) is 163 Å². The molecule has 0 aliphatic heterocycles. The second-order valence-corrected chi connectivity index (χ2v) is 12.6. The first-order valence-electron chi connectivity index (χ1n) is 15.6. The van der Waals surface area contributed by atoms with Crippen molar-refractivity contribution in [3.8, 4) is 22.3 Å². The molecule has 214 valence electrons. The van der Waals surface area contributed by atoms with Crippen LogP contribution in [0.15, 0.2) is 156 Å². The van der Waals surface area contributed by atoms with Crippen molar-refractivity contribution >= 4 is 49.8 Å². The van der Waals surface area contributed by atoms with Gasteiger partial charge in [0.05, 0.1) is 0 Å². The summed E-state index contributed by atoms with van der Waals surface area (Å²) in [6, 6.07) is 54.8. The molecular weight excluding hydrogens is 546 g/mol. The highest BCUT2D eigenvalue weighted by atomic mass is 16.3. The minimum Gasteiger partial charge on any atom is -0.456 e. The Balaban J connectivity index is 1.29. The van der Waals surface area contributed by atoms with Crippen molar-refractivity contribution in [2.75, 3.05) is 4.90 Å². The summed E-state index contributed by atoms with van der Waals surface area (Å²) in [6.45, 7) is 4.70. The zero-order valence-corrected chi connectivity index (χ0v) is 25.3. The summed E-state index contributed by atoms with van der Waals surface area (Å²) < 4.78 is 6.22. The van der Waals surface area contributed by atoms with E-state index in [2.05, 4.69) is 158 Å². The topological polar surface area (TPSA) is 16.4 Å². The van der Waals surface area contributed by atoms with Crippen molar-refractivity contribution in [2.45, 2.75) is 19.3 Å². The first-order valence-corrected chi connectivity index (χ1v) is 15.6. The lowest BCUT2D eigenvalue weighted by molar-refractivity contribution is 0.660. The van der Waals surface area contributed by atoms with E-state index in [1.54, 1.807) is 0 Å². The molecule has 1 aliphatic rings. The van der Waals surface area contributed by atoms with Crippen LogP contribution in [0.1, 0.15) is 25.0 Å². The second kappa shape index (κ2) is 9.70. The maximum Gasteiger partial charge on any atom is 0.135 e. The van der Waals surface area contributed by atoms with E-state index in [0.29, 0.717) is 0 Å². The molecule has 0 fully saturated rings.